The molecule has 0 unspecified atom stereocenters. The number of fused-ring (bicyclic) bond motifs is 1. The lowest BCUT2D eigenvalue weighted by Crippen LogP contribution is -2.34. The number of carbonyl (C=O) groups is 1. The molecule has 1 aromatic carbocycles. The lowest BCUT2D eigenvalue weighted by Gasteiger charge is -2.25. The fraction of sp³-hybridized carbons (Fsp3) is 0.312. The third-order valence-electron chi connectivity index (χ3n) is 4.01. The van der Waals surface area contributed by atoms with Crippen molar-refractivity contribution in [3.8, 4) is 0 Å². The second-order valence-electron chi connectivity index (χ2n) is 5.77. The van der Waals surface area contributed by atoms with Gasteiger partial charge >= 0.3 is 12.2 Å². The van der Waals surface area contributed by atoms with Crippen LogP contribution in [-0.2, 0) is 19.0 Å². The van der Waals surface area contributed by atoms with E-state index in [1.165, 1.54) is 18.2 Å². The summed E-state index contributed by atoms with van der Waals surface area (Å²) >= 11 is 12.0. The topological polar surface area (TPSA) is 72.1 Å². The molecule has 1 aliphatic rings. The monoisotopic (exact) mass is 404 g/mol. The Labute approximate surface area is 156 Å². The normalized spacial score (nSPS) is 14.0. The van der Waals surface area contributed by atoms with Gasteiger partial charge < -0.3 is 5.73 Å². The van der Waals surface area contributed by atoms with Crippen LogP contribution in [0.2, 0.25) is 10.0 Å². The highest BCUT2D eigenvalue weighted by atomic mass is 35.5. The van der Waals surface area contributed by atoms with E-state index in [4.69, 9.17) is 28.9 Å². The zero-order valence-corrected chi connectivity index (χ0v) is 14.8. The van der Waals surface area contributed by atoms with Crippen LogP contribution in [0.25, 0.3) is 0 Å². The maximum Gasteiger partial charge on any atom is 0.433 e. The summed E-state index contributed by atoms with van der Waals surface area (Å²) in [4.78, 5) is 20.5. The standard InChI is InChI=1S/C16H13Cl2F3N4O/c17-8-5-6-10(18)12(7-8)25(14(22)26)15-23-11-4-2-1-3-9(11)13(24-15)16(19,20)21/h5-7H,1-4H2,(H2,22,26). The number of alkyl halides is 3. The molecular formula is C16H13Cl2F3N4O. The Bertz CT molecular complexity index is 873. The summed E-state index contributed by atoms with van der Waals surface area (Å²) in [6.07, 6.45) is -2.75. The van der Waals surface area contributed by atoms with Gasteiger partial charge in [-0.25, -0.2) is 19.7 Å². The first kappa shape index (κ1) is 18.7. The second-order valence-corrected chi connectivity index (χ2v) is 6.62. The van der Waals surface area contributed by atoms with E-state index in [1.54, 1.807) is 0 Å². The highest BCUT2D eigenvalue weighted by Crippen LogP contribution is 2.38. The zero-order valence-electron chi connectivity index (χ0n) is 13.3. The molecule has 0 spiro atoms. The van der Waals surface area contributed by atoms with Crippen LogP contribution in [0.5, 0.6) is 0 Å². The van der Waals surface area contributed by atoms with Crippen molar-refractivity contribution in [3.63, 3.8) is 0 Å². The van der Waals surface area contributed by atoms with Crippen LogP contribution in [0.15, 0.2) is 18.2 Å². The fourth-order valence-corrected chi connectivity index (χ4v) is 3.27. The van der Waals surface area contributed by atoms with E-state index in [-0.39, 0.29) is 33.4 Å². The third-order valence-corrected chi connectivity index (χ3v) is 4.56. The number of nitrogens with two attached hydrogens (primary N) is 1. The molecular weight excluding hydrogens is 392 g/mol. The lowest BCUT2D eigenvalue weighted by molar-refractivity contribution is -0.142. The number of hydrogen-bond donors (Lipinski definition) is 1. The van der Waals surface area contributed by atoms with Crippen molar-refractivity contribution in [3.05, 3.63) is 45.2 Å². The van der Waals surface area contributed by atoms with Gasteiger partial charge in [-0.1, -0.05) is 23.2 Å². The summed E-state index contributed by atoms with van der Waals surface area (Å²) in [7, 11) is 0. The first-order valence-electron chi connectivity index (χ1n) is 7.70. The van der Waals surface area contributed by atoms with Gasteiger partial charge in [-0.15, -0.1) is 0 Å². The fourth-order valence-electron chi connectivity index (χ4n) is 2.90. The minimum absolute atomic E-state index is 0.00977. The molecule has 0 aliphatic heterocycles. The minimum Gasteiger partial charge on any atom is -0.351 e. The van der Waals surface area contributed by atoms with Gasteiger partial charge in [-0.3, -0.25) is 0 Å². The Balaban J connectivity index is 2.22. The number of aromatic nitrogens is 2. The number of hydrogen-bond acceptors (Lipinski definition) is 3. The number of anilines is 2. The maximum absolute atomic E-state index is 13.5. The highest BCUT2D eigenvalue weighted by Gasteiger charge is 2.39. The third kappa shape index (κ3) is 3.57. The molecule has 2 amide bonds. The maximum atomic E-state index is 13.5. The first-order chi connectivity index (χ1) is 12.2. The Morgan fingerprint density at radius 2 is 1.85 bits per heavy atom. The summed E-state index contributed by atoms with van der Waals surface area (Å²) in [5, 5.41) is 0.299. The molecule has 0 atom stereocenters. The van der Waals surface area contributed by atoms with Crippen molar-refractivity contribution >= 4 is 40.9 Å². The van der Waals surface area contributed by atoms with Crippen LogP contribution in [-0.4, -0.2) is 16.0 Å². The quantitative estimate of drug-likeness (QED) is 0.773. The lowest BCUT2D eigenvalue weighted by atomic mass is 9.94. The van der Waals surface area contributed by atoms with Crippen molar-refractivity contribution in [1.82, 2.24) is 9.97 Å². The molecule has 1 aliphatic carbocycles. The predicted octanol–water partition coefficient (Wildman–Crippen LogP) is 4.90. The van der Waals surface area contributed by atoms with Crippen molar-refractivity contribution in [2.45, 2.75) is 31.9 Å². The Morgan fingerprint density at radius 1 is 1.15 bits per heavy atom. The van der Waals surface area contributed by atoms with Gasteiger partial charge in [0, 0.05) is 16.3 Å². The molecule has 0 saturated carbocycles. The number of benzene rings is 1. The molecule has 0 radical (unpaired) electrons. The van der Waals surface area contributed by atoms with Crippen molar-refractivity contribution < 1.29 is 18.0 Å². The van der Waals surface area contributed by atoms with Gasteiger partial charge in [0.15, 0.2) is 5.69 Å². The predicted molar refractivity (Wildman–Crippen MR) is 91.9 cm³/mol. The molecule has 0 fully saturated rings. The van der Waals surface area contributed by atoms with Crippen LogP contribution in [0, 0.1) is 0 Å². The van der Waals surface area contributed by atoms with Gasteiger partial charge in [0.25, 0.3) is 0 Å². The first-order valence-corrected chi connectivity index (χ1v) is 8.45. The van der Waals surface area contributed by atoms with E-state index in [2.05, 4.69) is 9.97 Å². The van der Waals surface area contributed by atoms with Crippen LogP contribution >= 0.6 is 23.2 Å². The van der Waals surface area contributed by atoms with E-state index in [9.17, 15) is 18.0 Å². The van der Waals surface area contributed by atoms with Gasteiger partial charge in [0.05, 0.1) is 10.7 Å². The largest absolute Gasteiger partial charge is 0.433 e. The van der Waals surface area contributed by atoms with Gasteiger partial charge in [0.1, 0.15) is 0 Å². The smallest absolute Gasteiger partial charge is 0.351 e. The minimum atomic E-state index is -4.68. The molecule has 1 heterocycles. The van der Waals surface area contributed by atoms with Crippen molar-refractivity contribution in [2.75, 3.05) is 4.90 Å². The molecule has 2 N–H and O–H groups in total. The summed E-state index contributed by atoms with van der Waals surface area (Å²) in [6, 6.07) is 3.11. The van der Waals surface area contributed by atoms with Gasteiger partial charge in [-0.2, -0.15) is 13.2 Å². The highest BCUT2D eigenvalue weighted by molar-refractivity contribution is 6.36. The number of urea groups is 1. The molecule has 5 nitrogen and oxygen atoms in total. The van der Waals surface area contributed by atoms with E-state index >= 15 is 0 Å². The number of aryl methyl sites for hydroxylation is 1. The number of amides is 2. The molecule has 0 saturated heterocycles. The SMILES string of the molecule is NC(=O)N(c1nc2c(c(C(F)(F)F)n1)CCCC2)c1cc(Cl)ccc1Cl. The molecule has 26 heavy (non-hydrogen) atoms. The van der Waals surface area contributed by atoms with Crippen molar-refractivity contribution in [2.24, 2.45) is 5.73 Å². The van der Waals surface area contributed by atoms with Crippen LogP contribution < -0.4 is 10.6 Å². The summed E-state index contributed by atoms with van der Waals surface area (Å²) in [6.45, 7) is 0. The number of halogens is 5. The molecule has 10 heteroatoms. The summed E-state index contributed by atoms with van der Waals surface area (Å²) < 4.78 is 40.5. The van der Waals surface area contributed by atoms with E-state index in [0.717, 1.165) is 4.90 Å². The second kappa shape index (κ2) is 6.92. The Kier molecular flexibility index (Phi) is 4.98. The molecule has 3 rings (SSSR count). The summed E-state index contributed by atoms with van der Waals surface area (Å²) in [5.41, 5.74) is 4.66. The zero-order chi connectivity index (χ0) is 19.1. The van der Waals surface area contributed by atoms with E-state index in [0.29, 0.717) is 19.3 Å². The van der Waals surface area contributed by atoms with Gasteiger partial charge in [-0.05, 0) is 43.9 Å². The van der Waals surface area contributed by atoms with Crippen LogP contribution in [0.3, 0.4) is 0 Å². The molecule has 2 aromatic rings. The number of rotatable bonds is 2. The average molecular weight is 405 g/mol. The number of carbonyl (C=O) groups excluding carboxylic acids is 1. The van der Waals surface area contributed by atoms with Crippen LogP contribution in [0.4, 0.5) is 29.6 Å². The number of nitrogens with zero attached hydrogens (tertiary/aromatic N) is 3. The van der Waals surface area contributed by atoms with Crippen molar-refractivity contribution in [1.29, 1.82) is 0 Å². The molecule has 138 valence electrons. The Hall–Kier alpha value is -2.06. The summed E-state index contributed by atoms with van der Waals surface area (Å²) in [5.74, 6) is -0.477. The van der Waals surface area contributed by atoms with E-state index < -0.39 is 23.8 Å². The number of primary amides is 1. The molecule has 0 bridgehead atoms. The van der Waals surface area contributed by atoms with Gasteiger partial charge in [0.2, 0.25) is 5.95 Å². The van der Waals surface area contributed by atoms with E-state index in [1.807, 2.05) is 0 Å². The van der Waals surface area contributed by atoms with Crippen LogP contribution in [0.1, 0.15) is 29.8 Å². The Morgan fingerprint density at radius 3 is 2.50 bits per heavy atom. The molecule has 1 aromatic heterocycles. The average Bonchev–Trinajstić information content (AvgIpc) is 2.56.